The third-order valence-corrected chi connectivity index (χ3v) is 3.89. The lowest BCUT2D eigenvalue weighted by Gasteiger charge is -2.19. The molecule has 1 fully saturated rings. The van der Waals surface area contributed by atoms with E-state index < -0.39 is 0 Å². The van der Waals surface area contributed by atoms with Crippen molar-refractivity contribution in [1.29, 1.82) is 0 Å². The number of nitrogens with zero attached hydrogens (tertiary/aromatic N) is 2. The second kappa shape index (κ2) is 6.33. The van der Waals surface area contributed by atoms with Crippen molar-refractivity contribution in [2.45, 2.75) is 12.5 Å². The molecular formula is C15H16BrN3O. The minimum Gasteiger partial charge on any atom is -0.373 e. The van der Waals surface area contributed by atoms with E-state index in [9.17, 15) is 0 Å². The summed E-state index contributed by atoms with van der Waals surface area (Å²) in [6.45, 7) is 1.63. The Hall–Kier alpha value is -1.46. The zero-order valence-electron chi connectivity index (χ0n) is 11.0. The van der Waals surface area contributed by atoms with Crippen molar-refractivity contribution in [1.82, 2.24) is 9.97 Å². The molecule has 2 heterocycles. The van der Waals surface area contributed by atoms with Crippen LogP contribution in [0.5, 0.6) is 0 Å². The van der Waals surface area contributed by atoms with Gasteiger partial charge in [-0.15, -0.1) is 0 Å². The highest BCUT2D eigenvalue weighted by Gasteiger charge is 2.29. The van der Waals surface area contributed by atoms with Crippen LogP contribution >= 0.6 is 15.9 Å². The largest absolute Gasteiger partial charge is 0.373 e. The normalized spacial score (nSPS) is 21.9. The summed E-state index contributed by atoms with van der Waals surface area (Å²) >= 11 is 3.33. The van der Waals surface area contributed by atoms with Gasteiger partial charge in [-0.05, 0) is 27.9 Å². The zero-order valence-corrected chi connectivity index (χ0v) is 12.6. The van der Waals surface area contributed by atoms with E-state index in [4.69, 9.17) is 4.74 Å². The van der Waals surface area contributed by atoms with Crippen LogP contribution in [-0.4, -0.2) is 23.1 Å². The summed E-state index contributed by atoms with van der Waals surface area (Å²) in [4.78, 5) is 8.45. The summed E-state index contributed by atoms with van der Waals surface area (Å²) in [7, 11) is 0. The van der Waals surface area contributed by atoms with Crippen LogP contribution in [0.3, 0.4) is 0 Å². The topological polar surface area (TPSA) is 47.0 Å². The second-order valence-corrected chi connectivity index (χ2v) is 5.77. The summed E-state index contributed by atoms with van der Waals surface area (Å²) in [6.07, 6.45) is 4.71. The van der Waals surface area contributed by atoms with Crippen LogP contribution in [0.15, 0.2) is 47.2 Å². The maximum absolute atomic E-state index is 5.87. The summed E-state index contributed by atoms with van der Waals surface area (Å²) < 4.78 is 6.75. The van der Waals surface area contributed by atoms with Gasteiger partial charge in [0, 0.05) is 31.5 Å². The molecule has 5 heteroatoms. The average molecular weight is 334 g/mol. The Balaban J connectivity index is 1.63. The molecule has 0 spiro atoms. The fraction of sp³-hybridized carbons (Fsp3) is 0.333. The lowest BCUT2D eigenvalue weighted by Crippen LogP contribution is -2.18. The van der Waals surface area contributed by atoms with Gasteiger partial charge in [-0.1, -0.05) is 30.3 Å². The number of hydrogen-bond donors (Lipinski definition) is 1. The number of anilines is 1. The van der Waals surface area contributed by atoms with Crippen LogP contribution in [0.4, 0.5) is 5.95 Å². The Morgan fingerprint density at radius 2 is 1.95 bits per heavy atom. The van der Waals surface area contributed by atoms with Crippen molar-refractivity contribution in [3.05, 3.63) is 52.8 Å². The van der Waals surface area contributed by atoms with Crippen LogP contribution in [-0.2, 0) is 4.74 Å². The van der Waals surface area contributed by atoms with E-state index in [1.165, 1.54) is 5.56 Å². The Kier molecular flexibility index (Phi) is 4.28. The number of halogens is 1. The predicted molar refractivity (Wildman–Crippen MR) is 81.5 cm³/mol. The first kappa shape index (κ1) is 13.5. The molecule has 4 nitrogen and oxygen atoms in total. The van der Waals surface area contributed by atoms with E-state index in [0.717, 1.165) is 24.0 Å². The van der Waals surface area contributed by atoms with Gasteiger partial charge in [0.25, 0.3) is 0 Å². The quantitative estimate of drug-likeness (QED) is 0.931. The average Bonchev–Trinajstić information content (AvgIpc) is 2.96. The van der Waals surface area contributed by atoms with E-state index in [2.05, 4.69) is 55.5 Å². The molecule has 1 aromatic heterocycles. The van der Waals surface area contributed by atoms with Gasteiger partial charge in [0.15, 0.2) is 0 Å². The summed E-state index contributed by atoms with van der Waals surface area (Å²) in [5.41, 5.74) is 1.24. The van der Waals surface area contributed by atoms with Gasteiger partial charge in [-0.25, -0.2) is 9.97 Å². The molecule has 3 rings (SSSR count). The molecule has 2 atom stereocenters. The number of rotatable bonds is 4. The van der Waals surface area contributed by atoms with Crippen molar-refractivity contribution in [2.24, 2.45) is 5.92 Å². The molecule has 1 aromatic carbocycles. The maximum atomic E-state index is 5.87. The van der Waals surface area contributed by atoms with Crippen LogP contribution in [0.2, 0.25) is 0 Å². The number of benzene rings is 1. The minimum absolute atomic E-state index is 0.166. The van der Waals surface area contributed by atoms with Crippen molar-refractivity contribution in [2.75, 3.05) is 18.5 Å². The third kappa shape index (κ3) is 3.16. The fourth-order valence-corrected chi connectivity index (χ4v) is 2.68. The van der Waals surface area contributed by atoms with Crippen molar-refractivity contribution in [3.63, 3.8) is 0 Å². The maximum Gasteiger partial charge on any atom is 0.222 e. The molecule has 104 valence electrons. The van der Waals surface area contributed by atoms with Crippen molar-refractivity contribution in [3.8, 4) is 0 Å². The van der Waals surface area contributed by atoms with Gasteiger partial charge in [0.2, 0.25) is 5.95 Å². The Morgan fingerprint density at radius 1 is 1.20 bits per heavy atom. The smallest absolute Gasteiger partial charge is 0.222 e. The highest BCUT2D eigenvalue weighted by molar-refractivity contribution is 9.10. The van der Waals surface area contributed by atoms with E-state index in [1.807, 2.05) is 6.07 Å². The molecule has 0 amide bonds. The first-order valence-corrected chi connectivity index (χ1v) is 7.50. The second-order valence-electron chi connectivity index (χ2n) is 4.86. The molecule has 1 N–H and O–H groups in total. The standard InChI is InChI=1S/C15H16BrN3O/c16-13-9-18-15(19-10-13)17-8-12-6-7-20-14(12)11-4-2-1-3-5-11/h1-5,9-10,12,14H,6-8H2,(H,17,18,19)/t12-,14-/m1/s1. The molecule has 1 saturated heterocycles. The number of ether oxygens (including phenoxy) is 1. The third-order valence-electron chi connectivity index (χ3n) is 3.49. The minimum atomic E-state index is 0.166. The van der Waals surface area contributed by atoms with Gasteiger partial charge in [0.05, 0.1) is 10.6 Å². The van der Waals surface area contributed by atoms with Gasteiger partial charge < -0.3 is 10.1 Å². The fourth-order valence-electron chi connectivity index (χ4n) is 2.48. The van der Waals surface area contributed by atoms with E-state index >= 15 is 0 Å². The summed E-state index contributed by atoms with van der Waals surface area (Å²) in [5.74, 6) is 1.11. The van der Waals surface area contributed by atoms with E-state index in [-0.39, 0.29) is 6.10 Å². The van der Waals surface area contributed by atoms with Crippen LogP contribution < -0.4 is 5.32 Å². The predicted octanol–water partition coefficient (Wildman–Crippen LogP) is 3.43. The molecule has 20 heavy (non-hydrogen) atoms. The lowest BCUT2D eigenvalue weighted by molar-refractivity contribution is 0.0933. The monoisotopic (exact) mass is 333 g/mol. The highest BCUT2D eigenvalue weighted by atomic mass is 79.9. The van der Waals surface area contributed by atoms with Crippen LogP contribution in [0.1, 0.15) is 18.1 Å². The van der Waals surface area contributed by atoms with E-state index in [0.29, 0.717) is 11.9 Å². The van der Waals surface area contributed by atoms with Crippen LogP contribution in [0.25, 0.3) is 0 Å². The molecule has 0 saturated carbocycles. The SMILES string of the molecule is Brc1cnc(NC[C@H]2CCO[C@@H]2c2ccccc2)nc1. The molecule has 0 unspecified atom stereocenters. The van der Waals surface area contributed by atoms with Gasteiger partial charge >= 0.3 is 0 Å². The molecule has 2 aromatic rings. The molecule has 0 aliphatic carbocycles. The first-order chi connectivity index (χ1) is 9.83. The van der Waals surface area contributed by atoms with Gasteiger partial charge in [-0.2, -0.15) is 0 Å². The molecular weight excluding hydrogens is 318 g/mol. The van der Waals surface area contributed by atoms with Gasteiger partial charge in [0.1, 0.15) is 0 Å². The first-order valence-electron chi connectivity index (χ1n) is 6.71. The van der Waals surface area contributed by atoms with Crippen LogP contribution in [0, 0.1) is 5.92 Å². The number of hydrogen-bond acceptors (Lipinski definition) is 4. The lowest BCUT2D eigenvalue weighted by atomic mass is 9.95. The summed E-state index contributed by atoms with van der Waals surface area (Å²) in [6, 6.07) is 10.4. The Labute approximate surface area is 126 Å². The van der Waals surface area contributed by atoms with Gasteiger partial charge in [-0.3, -0.25) is 0 Å². The molecule has 0 radical (unpaired) electrons. The van der Waals surface area contributed by atoms with Crippen molar-refractivity contribution < 1.29 is 4.74 Å². The molecule has 1 aliphatic rings. The number of aromatic nitrogens is 2. The molecule has 1 aliphatic heterocycles. The van der Waals surface area contributed by atoms with E-state index in [1.54, 1.807) is 12.4 Å². The van der Waals surface area contributed by atoms with Crippen molar-refractivity contribution >= 4 is 21.9 Å². The number of nitrogens with one attached hydrogen (secondary N) is 1. The molecule has 0 bridgehead atoms. The Bertz CT molecular complexity index is 547. The summed E-state index contributed by atoms with van der Waals surface area (Å²) in [5, 5.41) is 3.29. The highest BCUT2D eigenvalue weighted by Crippen LogP contribution is 2.34. The zero-order chi connectivity index (χ0) is 13.8. The Morgan fingerprint density at radius 3 is 2.70 bits per heavy atom.